The van der Waals surface area contributed by atoms with Crippen molar-refractivity contribution in [3.05, 3.63) is 77.2 Å². The summed E-state index contributed by atoms with van der Waals surface area (Å²) in [6.45, 7) is -0.00720. The summed E-state index contributed by atoms with van der Waals surface area (Å²) < 4.78 is 55.6. The van der Waals surface area contributed by atoms with Crippen LogP contribution in [0.4, 0.5) is 5.69 Å². The zero-order valence-corrected chi connectivity index (χ0v) is 18.0. The fraction of sp³-hybridized carbons (Fsp3) is 0.105. The first-order valence-electron chi connectivity index (χ1n) is 8.49. The minimum Gasteiger partial charge on any atom is -0.468 e. The van der Waals surface area contributed by atoms with Crippen LogP contribution in [0.15, 0.2) is 75.1 Å². The van der Waals surface area contributed by atoms with Crippen molar-refractivity contribution < 1.29 is 26.0 Å². The molecule has 3 rings (SSSR count). The number of carbonyl (C=O) groups excluding carboxylic acids is 1. The topological polar surface area (TPSA) is 123 Å². The lowest BCUT2D eigenvalue weighted by Crippen LogP contribution is -2.23. The molecule has 1 aromatic heterocycles. The lowest BCUT2D eigenvalue weighted by atomic mass is 10.2. The Kier molecular flexibility index (Phi) is 6.32. The quantitative estimate of drug-likeness (QED) is 0.549. The molecule has 11 heteroatoms. The number of sulfone groups is 1. The minimum atomic E-state index is -3.80. The van der Waals surface area contributed by atoms with Gasteiger partial charge in [-0.15, -0.1) is 0 Å². The summed E-state index contributed by atoms with van der Waals surface area (Å²) in [6, 6.07) is 12.5. The molecule has 0 bridgehead atoms. The molecule has 30 heavy (non-hydrogen) atoms. The van der Waals surface area contributed by atoms with Gasteiger partial charge in [0.25, 0.3) is 5.91 Å². The molecule has 0 aliphatic carbocycles. The van der Waals surface area contributed by atoms with E-state index in [1.807, 2.05) is 0 Å². The number of sulfonamides is 1. The first-order valence-corrected chi connectivity index (χ1v) is 12.2. The maximum absolute atomic E-state index is 12.5. The van der Waals surface area contributed by atoms with Crippen LogP contribution in [0.1, 0.15) is 16.1 Å². The van der Waals surface area contributed by atoms with E-state index in [9.17, 15) is 21.6 Å². The first-order chi connectivity index (χ1) is 14.1. The highest BCUT2D eigenvalue weighted by molar-refractivity contribution is 7.90. The Hall–Kier alpha value is -2.66. The van der Waals surface area contributed by atoms with Crippen LogP contribution in [0.25, 0.3) is 0 Å². The summed E-state index contributed by atoms with van der Waals surface area (Å²) >= 11 is 6.04. The molecule has 0 aliphatic rings. The molecule has 0 unspecified atom stereocenters. The van der Waals surface area contributed by atoms with E-state index in [-0.39, 0.29) is 32.6 Å². The fourth-order valence-corrected chi connectivity index (χ4v) is 4.28. The number of furan rings is 1. The van der Waals surface area contributed by atoms with Gasteiger partial charge in [0.2, 0.25) is 10.0 Å². The lowest BCUT2D eigenvalue weighted by Gasteiger charge is -2.10. The van der Waals surface area contributed by atoms with Gasteiger partial charge < -0.3 is 9.73 Å². The summed E-state index contributed by atoms with van der Waals surface area (Å²) in [5.41, 5.74) is 0.294. The van der Waals surface area contributed by atoms with Gasteiger partial charge in [0.05, 0.1) is 33.3 Å². The average molecular weight is 469 g/mol. The number of hydrogen-bond acceptors (Lipinski definition) is 6. The number of anilines is 1. The molecular formula is C19H17ClN2O6S2. The Morgan fingerprint density at radius 3 is 2.27 bits per heavy atom. The Morgan fingerprint density at radius 2 is 1.67 bits per heavy atom. The molecule has 1 heterocycles. The second-order valence-electron chi connectivity index (χ2n) is 6.30. The summed E-state index contributed by atoms with van der Waals surface area (Å²) in [5.74, 6) is -0.113. The van der Waals surface area contributed by atoms with E-state index < -0.39 is 25.8 Å². The number of amides is 1. The van der Waals surface area contributed by atoms with Crippen LogP contribution in [-0.2, 0) is 26.4 Å². The molecule has 0 aliphatic heterocycles. The van der Waals surface area contributed by atoms with Crippen LogP contribution < -0.4 is 10.0 Å². The van der Waals surface area contributed by atoms with E-state index >= 15 is 0 Å². The monoisotopic (exact) mass is 468 g/mol. The summed E-state index contributed by atoms with van der Waals surface area (Å²) in [7, 11) is -7.27. The van der Waals surface area contributed by atoms with Crippen LogP contribution in [0.3, 0.4) is 0 Å². The van der Waals surface area contributed by atoms with Gasteiger partial charge in [-0.25, -0.2) is 21.6 Å². The molecule has 1 amide bonds. The van der Waals surface area contributed by atoms with Crippen LogP contribution >= 0.6 is 11.6 Å². The van der Waals surface area contributed by atoms with Crippen molar-refractivity contribution in [1.29, 1.82) is 0 Å². The molecule has 2 aromatic carbocycles. The van der Waals surface area contributed by atoms with Crippen molar-refractivity contribution in [2.75, 3.05) is 11.6 Å². The third-order valence-corrected chi connectivity index (χ3v) is 6.91. The van der Waals surface area contributed by atoms with Crippen molar-refractivity contribution in [2.24, 2.45) is 0 Å². The number of nitrogens with one attached hydrogen (secondary N) is 2. The van der Waals surface area contributed by atoms with E-state index in [4.69, 9.17) is 16.0 Å². The lowest BCUT2D eigenvalue weighted by molar-refractivity contribution is 0.102. The molecule has 0 atom stereocenters. The minimum absolute atomic E-state index is 0.00581. The highest BCUT2D eigenvalue weighted by atomic mass is 35.5. The van der Waals surface area contributed by atoms with E-state index in [1.165, 1.54) is 48.7 Å². The third kappa shape index (κ3) is 5.28. The Labute approximate surface area is 178 Å². The Bertz CT molecular complexity index is 1270. The average Bonchev–Trinajstić information content (AvgIpc) is 3.21. The predicted molar refractivity (Wildman–Crippen MR) is 112 cm³/mol. The van der Waals surface area contributed by atoms with E-state index in [0.717, 1.165) is 6.26 Å². The molecule has 3 aromatic rings. The van der Waals surface area contributed by atoms with Crippen molar-refractivity contribution in [2.45, 2.75) is 16.3 Å². The molecular weight excluding hydrogens is 452 g/mol. The molecule has 0 saturated heterocycles. The van der Waals surface area contributed by atoms with Crippen LogP contribution in [0.5, 0.6) is 0 Å². The normalized spacial score (nSPS) is 11.9. The number of halogens is 1. The fourth-order valence-electron chi connectivity index (χ4n) is 2.47. The van der Waals surface area contributed by atoms with Crippen molar-refractivity contribution in [3.63, 3.8) is 0 Å². The Morgan fingerprint density at radius 1 is 1.00 bits per heavy atom. The van der Waals surface area contributed by atoms with Crippen LogP contribution in [0, 0.1) is 0 Å². The second-order valence-corrected chi connectivity index (χ2v) is 10.5. The largest absolute Gasteiger partial charge is 0.468 e. The summed E-state index contributed by atoms with van der Waals surface area (Å²) in [6.07, 6.45) is 2.48. The van der Waals surface area contributed by atoms with E-state index in [1.54, 1.807) is 12.1 Å². The van der Waals surface area contributed by atoms with Gasteiger partial charge in [-0.3, -0.25) is 4.79 Å². The zero-order chi connectivity index (χ0) is 21.9. The first kappa shape index (κ1) is 22.0. The second kappa shape index (κ2) is 8.60. The summed E-state index contributed by atoms with van der Waals surface area (Å²) in [5, 5.41) is 2.69. The smallest absolute Gasteiger partial charge is 0.255 e. The molecule has 0 fully saturated rings. The van der Waals surface area contributed by atoms with E-state index in [2.05, 4.69) is 10.0 Å². The molecule has 2 N–H and O–H groups in total. The van der Waals surface area contributed by atoms with Crippen molar-refractivity contribution in [3.8, 4) is 0 Å². The molecule has 8 nitrogen and oxygen atoms in total. The number of benzene rings is 2. The zero-order valence-electron chi connectivity index (χ0n) is 15.6. The van der Waals surface area contributed by atoms with Gasteiger partial charge in [-0.1, -0.05) is 11.6 Å². The summed E-state index contributed by atoms with van der Waals surface area (Å²) in [4.78, 5) is 12.5. The van der Waals surface area contributed by atoms with Gasteiger partial charge in [-0.05, 0) is 54.6 Å². The van der Waals surface area contributed by atoms with Crippen LogP contribution in [0.2, 0.25) is 5.02 Å². The predicted octanol–water partition coefficient (Wildman–Crippen LogP) is 3.07. The SMILES string of the molecule is CS(=O)(=O)c1ccc(Cl)c(NC(=O)c2ccc(S(=O)(=O)NCc3ccco3)cc2)c1. The highest BCUT2D eigenvalue weighted by Gasteiger charge is 2.17. The van der Waals surface area contributed by atoms with E-state index in [0.29, 0.717) is 5.76 Å². The highest BCUT2D eigenvalue weighted by Crippen LogP contribution is 2.26. The van der Waals surface area contributed by atoms with Crippen molar-refractivity contribution in [1.82, 2.24) is 4.72 Å². The third-order valence-electron chi connectivity index (χ3n) is 4.06. The number of carbonyl (C=O) groups is 1. The molecule has 0 saturated carbocycles. The van der Waals surface area contributed by atoms with Gasteiger partial charge in [-0.2, -0.15) is 0 Å². The maximum Gasteiger partial charge on any atom is 0.255 e. The van der Waals surface area contributed by atoms with Gasteiger partial charge in [0, 0.05) is 11.8 Å². The van der Waals surface area contributed by atoms with Gasteiger partial charge >= 0.3 is 0 Å². The number of rotatable bonds is 7. The van der Waals surface area contributed by atoms with Crippen molar-refractivity contribution >= 4 is 43.1 Å². The van der Waals surface area contributed by atoms with Gasteiger partial charge in [0.1, 0.15) is 5.76 Å². The molecule has 158 valence electrons. The number of hydrogen-bond donors (Lipinski definition) is 2. The standard InChI is InChI=1S/C19H17ClN2O6S2/c1-29(24,25)16-8-9-17(20)18(11-16)22-19(23)13-4-6-15(7-5-13)30(26,27)21-12-14-3-2-10-28-14/h2-11,21H,12H2,1H3,(H,22,23). The van der Waals surface area contributed by atoms with Crippen LogP contribution in [-0.4, -0.2) is 29.0 Å². The maximum atomic E-state index is 12.5. The molecule has 0 spiro atoms. The van der Waals surface area contributed by atoms with Gasteiger partial charge in [0.15, 0.2) is 9.84 Å². The Balaban J connectivity index is 1.74. The molecule has 0 radical (unpaired) electrons.